The Morgan fingerprint density at radius 2 is 1.93 bits per heavy atom. The Balaban J connectivity index is 2.58. The molecule has 0 amide bonds. The molecule has 0 aromatic heterocycles. The lowest BCUT2D eigenvalue weighted by Crippen LogP contribution is -2.23. The number of benzene rings is 1. The van der Waals surface area contributed by atoms with Gasteiger partial charge in [-0.1, -0.05) is 18.2 Å². The second kappa shape index (κ2) is 4.97. The summed E-state index contributed by atoms with van der Waals surface area (Å²) in [4.78, 5) is 0. The van der Waals surface area contributed by atoms with Crippen molar-refractivity contribution < 1.29 is 4.74 Å². The quantitative estimate of drug-likeness (QED) is 0.578. The highest BCUT2D eigenvalue weighted by Crippen LogP contribution is 2.09. The van der Waals surface area contributed by atoms with Gasteiger partial charge in [0.25, 0.3) is 0 Å². The van der Waals surface area contributed by atoms with Gasteiger partial charge in [-0.3, -0.25) is 0 Å². The molecule has 1 rings (SSSR count). The van der Waals surface area contributed by atoms with Gasteiger partial charge in [0.1, 0.15) is 11.7 Å². The van der Waals surface area contributed by atoms with Crippen molar-refractivity contribution in [3.8, 4) is 12.0 Å². The Bertz CT molecular complexity index is 332. The molecule has 0 heterocycles. The molecule has 0 unspecified atom stereocenters. The molecule has 0 bridgehead atoms. The zero-order valence-electron chi connectivity index (χ0n) is 8.45. The van der Waals surface area contributed by atoms with Crippen LogP contribution in [0.3, 0.4) is 0 Å². The third-order valence-electron chi connectivity index (χ3n) is 1.68. The molecular weight excluding hydrogens is 192 g/mol. The van der Waals surface area contributed by atoms with E-state index >= 15 is 0 Å². The summed E-state index contributed by atoms with van der Waals surface area (Å²) in [7, 11) is 0. The molecule has 0 N–H and O–H groups in total. The molecule has 1 aromatic rings. The fourth-order valence-corrected chi connectivity index (χ4v) is 0.841. The van der Waals surface area contributed by atoms with Crippen molar-refractivity contribution in [1.29, 1.82) is 0 Å². The van der Waals surface area contributed by atoms with E-state index in [4.69, 9.17) is 4.74 Å². The van der Waals surface area contributed by atoms with E-state index in [1.807, 2.05) is 44.2 Å². The Morgan fingerprint density at radius 3 is 2.50 bits per heavy atom. The van der Waals surface area contributed by atoms with Gasteiger partial charge in [0.2, 0.25) is 0 Å². The van der Waals surface area contributed by atoms with Crippen molar-refractivity contribution in [1.82, 2.24) is 0 Å². The van der Waals surface area contributed by atoms with E-state index < -0.39 is 0 Å². The summed E-state index contributed by atoms with van der Waals surface area (Å²) < 4.78 is 5.35. The lowest BCUT2D eigenvalue weighted by Gasteiger charge is -2.18. The van der Waals surface area contributed by atoms with Gasteiger partial charge in [-0.05, 0) is 31.9 Å². The van der Waals surface area contributed by atoms with Crippen LogP contribution >= 0.6 is 12.6 Å². The summed E-state index contributed by atoms with van der Waals surface area (Å²) in [5.74, 6) is 3.58. The van der Waals surface area contributed by atoms with Gasteiger partial charge < -0.3 is 4.74 Å². The molecular formula is C12H14OS. The summed E-state index contributed by atoms with van der Waals surface area (Å²) in [6.07, 6.45) is 2.69. The Labute approximate surface area is 90.9 Å². The molecule has 0 saturated carbocycles. The van der Waals surface area contributed by atoms with Gasteiger partial charge in [0.05, 0.1) is 0 Å². The molecule has 0 fully saturated rings. The molecule has 0 aliphatic carbocycles. The molecule has 14 heavy (non-hydrogen) atoms. The van der Waals surface area contributed by atoms with Crippen molar-refractivity contribution in [2.75, 3.05) is 5.75 Å². The highest BCUT2D eigenvalue weighted by atomic mass is 32.1. The highest BCUT2D eigenvalue weighted by molar-refractivity contribution is 7.80. The van der Waals surface area contributed by atoms with Gasteiger partial charge in [-0.2, -0.15) is 12.6 Å². The predicted octanol–water partition coefficient (Wildman–Crippen LogP) is 2.72. The first-order chi connectivity index (χ1) is 6.64. The van der Waals surface area contributed by atoms with Gasteiger partial charge in [0, 0.05) is 11.3 Å². The average molecular weight is 206 g/mol. The normalized spacial score (nSPS) is 10.2. The van der Waals surface area contributed by atoms with Crippen LogP contribution in [0.5, 0.6) is 0 Å². The third-order valence-corrected chi connectivity index (χ3v) is 2.44. The van der Waals surface area contributed by atoms with E-state index in [9.17, 15) is 0 Å². The first-order valence-electron chi connectivity index (χ1n) is 4.49. The lowest BCUT2D eigenvalue weighted by molar-refractivity contribution is 0.102. The number of rotatable bonds is 2. The van der Waals surface area contributed by atoms with Gasteiger partial charge in [0.15, 0.2) is 0 Å². The minimum absolute atomic E-state index is 0.287. The maximum atomic E-state index is 5.35. The Kier molecular flexibility index (Phi) is 3.91. The van der Waals surface area contributed by atoms with E-state index in [-0.39, 0.29) is 5.60 Å². The number of hydrogen-bond donors (Lipinski definition) is 1. The second-order valence-electron chi connectivity index (χ2n) is 3.61. The van der Waals surface area contributed by atoms with Crippen LogP contribution in [0.1, 0.15) is 19.4 Å². The summed E-state index contributed by atoms with van der Waals surface area (Å²) in [6, 6.07) is 9.76. The van der Waals surface area contributed by atoms with E-state index in [0.717, 1.165) is 5.56 Å². The standard InChI is InChI=1S/C12H14OS/c1-12(2,10-14)13-9-8-11-6-4-3-5-7-11/h3-7,14H,10H2,1-2H3. The SMILES string of the molecule is CC(C)(CS)OC#Cc1ccccc1. The zero-order valence-corrected chi connectivity index (χ0v) is 9.34. The van der Waals surface area contributed by atoms with Crippen molar-refractivity contribution in [2.24, 2.45) is 0 Å². The van der Waals surface area contributed by atoms with Crippen molar-refractivity contribution in [2.45, 2.75) is 19.4 Å². The van der Waals surface area contributed by atoms with Crippen molar-refractivity contribution in [3.05, 3.63) is 35.9 Å². The van der Waals surface area contributed by atoms with E-state index in [2.05, 4.69) is 24.7 Å². The molecule has 0 aliphatic heterocycles. The molecule has 1 nitrogen and oxygen atoms in total. The van der Waals surface area contributed by atoms with Gasteiger partial charge in [-0.25, -0.2) is 0 Å². The molecule has 0 spiro atoms. The van der Waals surface area contributed by atoms with Crippen molar-refractivity contribution >= 4 is 12.6 Å². The fourth-order valence-electron chi connectivity index (χ4n) is 0.776. The van der Waals surface area contributed by atoms with Crippen LogP contribution < -0.4 is 0 Å². The fraction of sp³-hybridized carbons (Fsp3) is 0.333. The molecule has 2 heteroatoms. The first kappa shape index (κ1) is 11.0. The molecule has 1 aromatic carbocycles. The van der Waals surface area contributed by atoms with E-state index in [1.165, 1.54) is 0 Å². The monoisotopic (exact) mass is 206 g/mol. The van der Waals surface area contributed by atoms with Crippen LogP contribution in [0.4, 0.5) is 0 Å². The van der Waals surface area contributed by atoms with Crippen LogP contribution in [0.25, 0.3) is 0 Å². The molecule has 0 aliphatic rings. The molecule has 0 saturated heterocycles. The molecule has 0 radical (unpaired) electrons. The topological polar surface area (TPSA) is 9.23 Å². The van der Waals surface area contributed by atoms with Crippen LogP contribution in [-0.4, -0.2) is 11.4 Å². The van der Waals surface area contributed by atoms with Gasteiger partial charge in [-0.15, -0.1) is 0 Å². The largest absolute Gasteiger partial charge is 0.439 e. The summed E-state index contributed by atoms with van der Waals surface area (Å²) in [6.45, 7) is 3.92. The van der Waals surface area contributed by atoms with Crippen LogP contribution in [0, 0.1) is 12.0 Å². The lowest BCUT2D eigenvalue weighted by atomic mass is 10.2. The summed E-state index contributed by atoms with van der Waals surface area (Å²) in [5, 5.41) is 0. The first-order valence-corrected chi connectivity index (χ1v) is 5.12. The zero-order chi connectivity index (χ0) is 10.4. The number of ether oxygens (including phenoxy) is 1. The molecule has 0 atom stereocenters. The predicted molar refractivity (Wildman–Crippen MR) is 62.3 cm³/mol. The van der Waals surface area contributed by atoms with Gasteiger partial charge >= 0.3 is 0 Å². The minimum atomic E-state index is -0.287. The Hall–Kier alpha value is -1.07. The smallest absolute Gasteiger partial charge is 0.124 e. The summed E-state index contributed by atoms with van der Waals surface area (Å²) >= 11 is 4.17. The van der Waals surface area contributed by atoms with Crippen LogP contribution in [-0.2, 0) is 4.74 Å². The maximum absolute atomic E-state index is 5.35. The van der Waals surface area contributed by atoms with E-state index in [1.54, 1.807) is 0 Å². The highest BCUT2D eigenvalue weighted by Gasteiger charge is 2.14. The Morgan fingerprint density at radius 1 is 1.29 bits per heavy atom. The minimum Gasteiger partial charge on any atom is -0.439 e. The second-order valence-corrected chi connectivity index (χ2v) is 3.93. The average Bonchev–Trinajstić information content (AvgIpc) is 2.19. The maximum Gasteiger partial charge on any atom is 0.124 e. The van der Waals surface area contributed by atoms with E-state index in [0.29, 0.717) is 5.75 Å². The third kappa shape index (κ3) is 3.76. The van der Waals surface area contributed by atoms with Crippen molar-refractivity contribution in [3.63, 3.8) is 0 Å². The van der Waals surface area contributed by atoms with Crippen LogP contribution in [0.2, 0.25) is 0 Å². The van der Waals surface area contributed by atoms with Crippen LogP contribution in [0.15, 0.2) is 30.3 Å². The number of thiol groups is 1. The number of hydrogen-bond acceptors (Lipinski definition) is 2. The molecule has 74 valence electrons. The summed E-state index contributed by atoms with van der Waals surface area (Å²) in [5.41, 5.74) is 0.674.